The van der Waals surface area contributed by atoms with Gasteiger partial charge in [0.05, 0.1) is 0 Å². The lowest BCUT2D eigenvalue weighted by atomic mass is 9.86. The molecule has 0 fully saturated rings. The zero-order valence-electron chi connectivity index (χ0n) is 12.7. The van der Waals surface area contributed by atoms with Crippen LogP contribution in [-0.4, -0.2) is 16.3 Å². The molecule has 1 rings (SSSR count). The second kappa shape index (κ2) is 7.63. The monoisotopic (exact) mass is 337 g/mol. The van der Waals surface area contributed by atoms with Crippen LogP contribution in [0.5, 0.6) is 0 Å². The molecule has 0 N–H and O–H groups in total. The van der Waals surface area contributed by atoms with Gasteiger partial charge < -0.3 is 4.90 Å². The van der Waals surface area contributed by atoms with Crippen LogP contribution < -0.4 is 0 Å². The number of hydrogen-bond donors (Lipinski definition) is 0. The third kappa shape index (κ3) is 3.95. The Balaban J connectivity index is 3.09. The van der Waals surface area contributed by atoms with Crippen molar-refractivity contribution in [1.82, 2.24) is 4.90 Å². The van der Waals surface area contributed by atoms with Gasteiger partial charge in [-0.2, -0.15) is 0 Å². The van der Waals surface area contributed by atoms with E-state index in [1.807, 2.05) is 23.1 Å². The first-order valence-electron chi connectivity index (χ1n) is 7.12. The molecule has 0 heterocycles. The predicted molar refractivity (Wildman–Crippen MR) is 88.5 cm³/mol. The molecule has 0 aliphatic rings. The molecule has 0 aliphatic heterocycles. The van der Waals surface area contributed by atoms with Gasteiger partial charge in [0, 0.05) is 23.5 Å². The smallest absolute Gasteiger partial charge is 0.220 e. The highest BCUT2D eigenvalue weighted by atomic mass is 79.9. The van der Waals surface area contributed by atoms with Gasteiger partial charge in [-0.1, -0.05) is 48.0 Å². The summed E-state index contributed by atoms with van der Waals surface area (Å²) in [6.07, 6.45) is 4.61. The summed E-state index contributed by atoms with van der Waals surface area (Å²) in [5, 5.41) is 0. The average Bonchev–Trinajstić information content (AvgIpc) is 2.42. The van der Waals surface area contributed by atoms with Gasteiger partial charge in [-0.15, -0.1) is 6.58 Å². The molecule has 110 valence electrons. The summed E-state index contributed by atoms with van der Waals surface area (Å²) in [7, 11) is 0. The highest BCUT2D eigenvalue weighted by Crippen LogP contribution is 2.30. The van der Waals surface area contributed by atoms with E-state index in [0.717, 1.165) is 29.3 Å². The summed E-state index contributed by atoms with van der Waals surface area (Å²) in [4.78, 5) is 14.1. The van der Waals surface area contributed by atoms with Crippen molar-refractivity contribution in [2.24, 2.45) is 0 Å². The van der Waals surface area contributed by atoms with E-state index in [4.69, 9.17) is 0 Å². The van der Waals surface area contributed by atoms with Crippen LogP contribution in [0.2, 0.25) is 0 Å². The first-order valence-corrected chi connectivity index (χ1v) is 7.92. The number of benzene rings is 1. The molecule has 20 heavy (non-hydrogen) atoms. The van der Waals surface area contributed by atoms with Gasteiger partial charge in [0.15, 0.2) is 0 Å². The summed E-state index contributed by atoms with van der Waals surface area (Å²) < 4.78 is 1.04. The fourth-order valence-electron chi connectivity index (χ4n) is 2.73. The third-order valence-corrected chi connectivity index (χ3v) is 4.52. The Morgan fingerprint density at radius 3 is 2.50 bits per heavy atom. The van der Waals surface area contributed by atoms with Gasteiger partial charge in [0.1, 0.15) is 0 Å². The van der Waals surface area contributed by atoms with Crippen molar-refractivity contribution in [3.05, 3.63) is 47.0 Å². The molecular weight excluding hydrogens is 314 g/mol. The molecule has 1 amide bonds. The minimum Gasteiger partial charge on any atom is -0.333 e. The Labute approximate surface area is 131 Å². The minimum absolute atomic E-state index is 0.121. The van der Waals surface area contributed by atoms with Gasteiger partial charge in [-0.05, 0) is 37.0 Å². The lowest BCUT2D eigenvalue weighted by Gasteiger charge is -2.42. The number of amides is 1. The van der Waals surface area contributed by atoms with E-state index in [1.165, 1.54) is 0 Å². The normalized spacial score (nSPS) is 11.2. The standard InChI is InChI=1S/C17H24BrNO/c1-5-11-17(6-2,7-3)19(14(4)20)13-15-9-8-10-16(18)12-15/h5,8-10,12H,1,6-7,11,13H2,2-4H3. The van der Waals surface area contributed by atoms with Crippen LogP contribution in [0, 0.1) is 0 Å². The summed E-state index contributed by atoms with van der Waals surface area (Å²) in [5.74, 6) is 0.121. The maximum Gasteiger partial charge on any atom is 0.220 e. The van der Waals surface area contributed by atoms with E-state index >= 15 is 0 Å². The quantitative estimate of drug-likeness (QED) is 0.646. The van der Waals surface area contributed by atoms with Crippen LogP contribution in [0.4, 0.5) is 0 Å². The number of rotatable bonds is 7. The molecule has 0 saturated heterocycles. The molecule has 0 saturated carbocycles. The Kier molecular flexibility index (Phi) is 6.47. The zero-order valence-corrected chi connectivity index (χ0v) is 14.2. The second-order valence-electron chi connectivity index (χ2n) is 5.16. The van der Waals surface area contributed by atoms with Gasteiger partial charge in [-0.3, -0.25) is 4.79 Å². The van der Waals surface area contributed by atoms with Gasteiger partial charge >= 0.3 is 0 Å². The molecule has 0 spiro atoms. The third-order valence-electron chi connectivity index (χ3n) is 4.02. The molecule has 0 atom stereocenters. The fraction of sp³-hybridized carbons (Fsp3) is 0.471. The summed E-state index contributed by atoms with van der Waals surface area (Å²) >= 11 is 3.48. The van der Waals surface area contributed by atoms with Crippen molar-refractivity contribution < 1.29 is 4.79 Å². The Morgan fingerprint density at radius 2 is 2.05 bits per heavy atom. The maximum absolute atomic E-state index is 12.2. The molecule has 3 heteroatoms. The Morgan fingerprint density at radius 1 is 1.40 bits per heavy atom. The zero-order chi connectivity index (χ0) is 15.2. The van der Waals surface area contributed by atoms with E-state index < -0.39 is 0 Å². The fourth-order valence-corrected chi connectivity index (χ4v) is 3.18. The van der Waals surface area contributed by atoms with Crippen molar-refractivity contribution in [3.63, 3.8) is 0 Å². The van der Waals surface area contributed by atoms with Crippen LogP contribution in [0.25, 0.3) is 0 Å². The number of hydrogen-bond acceptors (Lipinski definition) is 1. The first-order chi connectivity index (χ1) is 9.49. The Bertz CT molecular complexity index is 466. The van der Waals surface area contributed by atoms with E-state index in [9.17, 15) is 4.79 Å². The number of nitrogens with zero attached hydrogens (tertiary/aromatic N) is 1. The number of carbonyl (C=O) groups is 1. The lowest BCUT2D eigenvalue weighted by molar-refractivity contribution is -0.136. The summed E-state index contributed by atoms with van der Waals surface area (Å²) in [6, 6.07) is 8.13. The number of halogens is 1. The summed E-state index contributed by atoms with van der Waals surface area (Å²) in [6.45, 7) is 10.4. The van der Waals surface area contributed by atoms with Crippen LogP contribution >= 0.6 is 15.9 Å². The van der Waals surface area contributed by atoms with Crippen molar-refractivity contribution >= 4 is 21.8 Å². The largest absolute Gasteiger partial charge is 0.333 e. The van der Waals surface area contributed by atoms with Gasteiger partial charge in [0.25, 0.3) is 0 Å². The van der Waals surface area contributed by atoms with Crippen molar-refractivity contribution in [1.29, 1.82) is 0 Å². The average molecular weight is 338 g/mol. The molecular formula is C17H24BrNO. The van der Waals surface area contributed by atoms with Crippen LogP contribution in [0.1, 0.15) is 45.6 Å². The molecule has 0 bridgehead atoms. The Hall–Kier alpha value is -1.09. The maximum atomic E-state index is 12.2. The van der Waals surface area contributed by atoms with Gasteiger partial charge in [0.2, 0.25) is 5.91 Å². The van der Waals surface area contributed by atoms with E-state index in [1.54, 1.807) is 6.92 Å². The van der Waals surface area contributed by atoms with E-state index in [0.29, 0.717) is 6.54 Å². The molecule has 0 unspecified atom stereocenters. The van der Waals surface area contributed by atoms with Crippen LogP contribution in [0.3, 0.4) is 0 Å². The van der Waals surface area contributed by atoms with Crippen molar-refractivity contribution in [2.75, 3.05) is 0 Å². The molecule has 0 aliphatic carbocycles. The van der Waals surface area contributed by atoms with Crippen LogP contribution in [0.15, 0.2) is 41.4 Å². The van der Waals surface area contributed by atoms with E-state index in [2.05, 4.69) is 48.5 Å². The molecule has 0 aromatic heterocycles. The summed E-state index contributed by atoms with van der Waals surface area (Å²) in [5.41, 5.74) is 1.01. The number of carbonyl (C=O) groups excluding carboxylic acids is 1. The van der Waals surface area contributed by atoms with E-state index in [-0.39, 0.29) is 11.4 Å². The lowest BCUT2D eigenvalue weighted by Crippen LogP contribution is -2.49. The first kappa shape index (κ1) is 17.0. The molecule has 0 radical (unpaired) electrons. The SMILES string of the molecule is C=CCC(CC)(CC)N(Cc1cccc(Br)c1)C(C)=O. The molecule has 2 nitrogen and oxygen atoms in total. The molecule has 1 aromatic rings. The highest BCUT2D eigenvalue weighted by molar-refractivity contribution is 9.10. The van der Waals surface area contributed by atoms with Crippen LogP contribution in [-0.2, 0) is 11.3 Å². The van der Waals surface area contributed by atoms with Crippen molar-refractivity contribution in [3.8, 4) is 0 Å². The molecule has 1 aromatic carbocycles. The van der Waals surface area contributed by atoms with Gasteiger partial charge in [-0.25, -0.2) is 0 Å². The highest BCUT2D eigenvalue weighted by Gasteiger charge is 2.33. The topological polar surface area (TPSA) is 20.3 Å². The van der Waals surface area contributed by atoms with Crippen molar-refractivity contribution in [2.45, 2.75) is 52.1 Å². The predicted octanol–water partition coefficient (Wildman–Crippen LogP) is 4.93. The minimum atomic E-state index is -0.129. The second-order valence-corrected chi connectivity index (χ2v) is 6.08.